The highest BCUT2D eigenvalue weighted by Gasteiger charge is 2.30. The van der Waals surface area contributed by atoms with Crippen molar-refractivity contribution in [2.75, 3.05) is 33.9 Å². The topological polar surface area (TPSA) is 76.7 Å². The number of nitrogens with one attached hydrogen (secondary N) is 2. The molecule has 23 heavy (non-hydrogen) atoms. The first kappa shape index (κ1) is 18.3. The van der Waals surface area contributed by atoms with Gasteiger partial charge in [-0.15, -0.1) is 0 Å². The van der Waals surface area contributed by atoms with Crippen LogP contribution in [0.15, 0.2) is 17.0 Å². The molecule has 0 aliphatic carbocycles. The Balaban J connectivity index is 2.22. The lowest BCUT2D eigenvalue weighted by Gasteiger charge is -2.34. The number of piperidine rings is 1. The van der Waals surface area contributed by atoms with E-state index in [-0.39, 0.29) is 15.3 Å². The van der Waals surface area contributed by atoms with E-state index in [1.807, 2.05) is 0 Å². The van der Waals surface area contributed by atoms with Crippen LogP contribution in [-0.2, 0) is 10.0 Å². The van der Waals surface area contributed by atoms with Crippen LogP contribution in [0.5, 0.6) is 11.5 Å². The van der Waals surface area contributed by atoms with E-state index in [0.717, 1.165) is 25.9 Å². The number of rotatable bonds is 6. The highest BCUT2D eigenvalue weighted by Crippen LogP contribution is 2.35. The number of methoxy groups -OCH3 is 2. The summed E-state index contributed by atoms with van der Waals surface area (Å²) in [4.78, 5) is -0.00523. The number of hydrogen-bond donors (Lipinski definition) is 2. The van der Waals surface area contributed by atoms with Gasteiger partial charge in [-0.2, -0.15) is 0 Å². The minimum atomic E-state index is -3.72. The van der Waals surface area contributed by atoms with Crippen LogP contribution in [-0.4, -0.2) is 42.3 Å². The van der Waals surface area contributed by atoms with E-state index in [9.17, 15) is 8.42 Å². The third kappa shape index (κ3) is 4.29. The molecule has 0 spiro atoms. The lowest BCUT2D eigenvalue weighted by atomic mass is 9.81. The van der Waals surface area contributed by atoms with Crippen LogP contribution in [0.25, 0.3) is 0 Å². The average Bonchev–Trinajstić information content (AvgIpc) is 2.53. The monoisotopic (exact) mass is 362 g/mol. The van der Waals surface area contributed by atoms with Gasteiger partial charge >= 0.3 is 0 Å². The van der Waals surface area contributed by atoms with Gasteiger partial charge in [0.2, 0.25) is 10.0 Å². The van der Waals surface area contributed by atoms with Crippen molar-refractivity contribution in [2.45, 2.75) is 24.7 Å². The third-order valence-corrected chi connectivity index (χ3v) is 6.09. The number of halogens is 1. The second-order valence-corrected chi connectivity index (χ2v) is 8.17. The van der Waals surface area contributed by atoms with Gasteiger partial charge in [-0.25, -0.2) is 13.1 Å². The normalized spacial score (nSPS) is 17.7. The highest BCUT2D eigenvalue weighted by molar-refractivity contribution is 7.89. The summed E-state index contributed by atoms with van der Waals surface area (Å²) in [6.45, 7) is 4.26. The fraction of sp³-hybridized carbons (Fsp3) is 0.600. The summed E-state index contributed by atoms with van der Waals surface area (Å²) in [7, 11) is -0.803. The van der Waals surface area contributed by atoms with Crippen LogP contribution in [0.3, 0.4) is 0 Å². The molecule has 1 aliphatic rings. The summed E-state index contributed by atoms with van der Waals surface area (Å²) in [5.74, 6) is 0.715. The first-order chi connectivity index (χ1) is 10.8. The Labute approximate surface area is 142 Å². The summed E-state index contributed by atoms with van der Waals surface area (Å²) in [5, 5.41) is 3.38. The quantitative estimate of drug-likeness (QED) is 0.809. The number of hydrogen-bond acceptors (Lipinski definition) is 5. The van der Waals surface area contributed by atoms with E-state index in [0.29, 0.717) is 18.0 Å². The lowest BCUT2D eigenvalue weighted by Crippen LogP contribution is -2.42. The summed E-state index contributed by atoms with van der Waals surface area (Å²) >= 11 is 6.11. The Morgan fingerprint density at radius 3 is 2.35 bits per heavy atom. The van der Waals surface area contributed by atoms with Gasteiger partial charge in [-0.05, 0) is 31.3 Å². The molecule has 0 radical (unpaired) electrons. The Bertz CT molecular complexity index is 658. The SMILES string of the molecule is COc1cc(Cl)c(S(=O)(=O)NCC2(C)CCNCC2)cc1OC. The van der Waals surface area contributed by atoms with E-state index in [1.54, 1.807) is 0 Å². The molecule has 1 fully saturated rings. The van der Waals surface area contributed by atoms with Crippen molar-refractivity contribution >= 4 is 21.6 Å². The third-order valence-electron chi connectivity index (χ3n) is 4.23. The van der Waals surface area contributed by atoms with E-state index in [2.05, 4.69) is 17.0 Å². The van der Waals surface area contributed by atoms with E-state index in [4.69, 9.17) is 21.1 Å². The highest BCUT2D eigenvalue weighted by atomic mass is 35.5. The molecule has 130 valence electrons. The number of benzene rings is 1. The van der Waals surface area contributed by atoms with Crippen molar-refractivity contribution in [3.05, 3.63) is 17.2 Å². The van der Waals surface area contributed by atoms with Gasteiger partial charge < -0.3 is 14.8 Å². The maximum atomic E-state index is 12.6. The Hall–Kier alpha value is -1.02. The minimum Gasteiger partial charge on any atom is -0.493 e. The van der Waals surface area contributed by atoms with Crippen molar-refractivity contribution in [3.8, 4) is 11.5 Å². The first-order valence-electron chi connectivity index (χ1n) is 7.43. The molecule has 1 aromatic carbocycles. The lowest BCUT2D eigenvalue weighted by molar-refractivity contribution is 0.232. The Morgan fingerprint density at radius 2 is 1.78 bits per heavy atom. The molecule has 2 rings (SSSR count). The summed E-state index contributed by atoms with van der Waals surface area (Å²) in [6.07, 6.45) is 1.85. The van der Waals surface area contributed by atoms with Crippen LogP contribution in [0.4, 0.5) is 0 Å². The molecule has 1 aromatic rings. The van der Waals surface area contributed by atoms with Crippen LogP contribution in [0.1, 0.15) is 19.8 Å². The van der Waals surface area contributed by atoms with Crippen LogP contribution in [0.2, 0.25) is 5.02 Å². The average molecular weight is 363 g/mol. The minimum absolute atomic E-state index is 0.00523. The molecule has 0 amide bonds. The molecule has 0 unspecified atom stereocenters. The molecular formula is C15H23ClN2O4S. The fourth-order valence-electron chi connectivity index (χ4n) is 2.60. The summed E-state index contributed by atoms with van der Waals surface area (Å²) < 4.78 is 38.2. The molecule has 1 aliphatic heterocycles. The molecule has 1 saturated heterocycles. The standard InChI is InChI=1S/C15H23ClN2O4S/c1-15(4-6-17-7-5-15)10-18-23(19,20)14-9-13(22-3)12(21-2)8-11(14)16/h8-9,17-18H,4-7,10H2,1-3H3. The Morgan fingerprint density at radius 1 is 1.22 bits per heavy atom. The summed E-state index contributed by atoms with van der Waals surface area (Å²) in [5.41, 5.74) is -0.0542. The van der Waals surface area contributed by atoms with E-state index in [1.165, 1.54) is 26.4 Å². The maximum Gasteiger partial charge on any atom is 0.242 e. The van der Waals surface area contributed by atoms with Crippen molar-refractivity contribution in [1.82, 2.24) is 10.0 Å². The van der Waals surface area contributed by atoms with Crippen LogP contribution in [0, 0.1) is 5.41 Å². The largest absolute Gasteiger partial charge is 0.493 e. The number of sulfonamides is 1. The molecule has 1 heterocycles. The molecule has 2 N–H and O–H groups in total. The smallest absolute Gasteiger partial charge is 0.242 e. The molecule has 0 bridgehead atoms. The van der Waals surface area contributed by atoms with Gasteiger partial charge in [-0.3, -0.25) is 0 Å². The second kappa shape index (κ2) is 7.25. The van der Waals surface area contributed by atoms with Gasteiger partial charge in [0.05, 0.1) is 19.2 Å². The van der Waals surface area contributed by atoms with Gasteiger partial charge in [0.25, 0.3) is 0 Å². The van der Waals surface area contributed by atoms with E-state index >= 15 is 0 Å². The molecule has 0 aromatic heterocycles. The van der Waals surface area contributed by atoms with Gasteiger partial charge in [-0.1, -0.05) is 18.5 Å². The maximum absolute atomic E-state index is 12.6. The van der Waals surface area contributed by atoms with Crippen molar-refractivity contribution in [2.24, 2.45) is 5.41 Å². The van der Waals surface area contributed by atoms with Crippen LogP contribution < -0.4 is 19.5 Å². The van der Waals surface area contributed by atoms with Crippen molar-refractivity contribution < 1.29 is 17.9 Å². The van der Waals surface area contributed by atoms with Crippen molar-refractivity contribution in [3.63, 3.8) is 0 Å². The predicted octanol–water partition coefficient (Wildman–Crippen LogP) is 2.03. The zero-order valence-electron chi connectivity index (χ0n) is 13.6. The summed E-state index contributed by atoms with van der Waals surface area (Å²) in [6, 6.07) is 2.83. The number of ether oxygens (including phenoxy) is 2. The molecular weight excluding hydrogens is 340 g/mol. The first-order valence-corrected chi connectivity index (χ1v) is 9.29. The molecule has 8 heteroatoms. The second-order valence-electron chi connectivity index (χ2n) is 6.02. The van der Waals surface area contributed by atoms with E-state index < -0.39 is 10.0 Å². The fourth-order valence-corrected chi connectivity index (χ4v) is 4.33. The van der Waals surface area contributed by atoms with Gasteiger partial charge in [0.15, 0.2) is 11.5 Å². The predicted molar refractivity (Wildman–Crippen MR) is 90.0 cm³/mol. The van der Waals surface area contributed by atoms with Crippen LogP contribution >= 0.6 is 11.6 Å². The zero-order chi connectivity index (χ0) is 17.1. The van der Waals surface area contributed by atoms with Gasteiger partial charge in [0.1, 0.15) is 4.90 Å². The van der Waals surface area contributed by atoms with Gasteiger partial charge in [0, 0.05) is 18.7 Å². The molecule has 6 nitrogen and oxygen atoms in total. The van der Waals surface area contributed by atoms with Crippen molar-refractivity contribution in [1.29, 1.82) is 0 Å². The Kier molecular flexibility index (Phi) is 5.78. The molecule has 0 saturated carbocycles. The zero-order valence-corrected chi connectivity index (χ0v) is 15.2. The molecule has 0 atom stereocenters.